The van der Waals surface area contributed by atoms with Crippen molar-refractivity contribution in [3.05, 3.63) is 35.5 Å². The van der Waals surface area contributed by atoms with Crippen LogP contribution in [0.4, 0.5) is 0 Å². The first-order valence-electron chi connectivity index (χ1n) is 9.10. The van der Waals surface area contributed by atoms with Crippen molar-refractivity contribution in [1.29, 1.82) is 0 Å². The Balaban J connectivity index is 1.68. The lowest BCUT2D eigenvalue weighted by Crippen LogP contribution is -2.49. The van der Waals surface area contributed by atoms with E-state index in [1.165, 1.54) is 24.1 Å². The number of carbonyl (C=O) groups is 1. The zero-order valence-corrected chi connectivity index (χ0v) is 14.1. The van der Waals surface area contributed by atoms with Crippen LogP contribution in [0.5, 0.6) is 0 Å². The van der Waals surface area contributed by atoms with Gasteiger partial charge in [-0.25, -0.2) is 0 Å². The molecular formula is C19H24N2O3. The maximum absolute atomic E-state index is 12.2. The number of fused-ring (bicyclic) bond motifs is 1. The summed E-state index contributed by atoms with van der Waals surface area (Å²) in [5, 5.41) is 10.7. The van der Waals surface area contributed by atoms with Gasteiger partial charge >= 0.3 is 0 Å². The van der Waals surface area contributed by atoms with Gasteiger partial charge in [-0.15, -0.1) is 0 Å². The number of carbonyl (C=O) groups excluding carboxylic acids is 1. The minimum absolute atomic E-state index is 0.0233. The average Bonchev–Trinajstić information content (AvgIpc) is 3.04. The Morgan fingerprint density at radius 1 is 1.33 bits per heavy atom. The van der Waals surface area contributed by atoms with Crippen LogP contribution in [0.3, 0.4) is 0 Å². The van der Waals surface area contributed by atoms with Gasteiger partial charge in [0.25, 0.3) is 0 Å². The Bertz CT molecular complexity index is 709. The summed E-state index contributed by atoms with van der Waals surface area (Å²) >= 11 is 0. The number of ether oxygens (including phenoxy) is 1. The smallest absolute Gasteiger partial charge is 0.228 e. The van der Waals surface area contributed by atoms with Crippen molar-refractivity contribution in [2.45, 2.75) is 63.2 Å². The highest BCUT2D eigenvalue weighted by molar-refractivity contribution is 5.80. The van der Waals surface area contributed by atoms with Crippen LogP contribution >= 0.6 is 0 Å². The summed E-state index contributed by atoms with van der Waals surface area (Å²) in [6.07, 6.45) is 13.2. The first kappa shape index (κ1) is 14.6. The summed E-state index contributed by atoms with van der Waals surface area (Å²) in [5.74, 6) is 1.01. The summed E-state index contributed by atoms with van der Waals surface area (Å²) < 4.78 is 6.56. The van der Waals surface area contributed by atoms with E-state index in [9.17, 15) is 9.90 Å². The van der Waals surface area contributed by atoms with E-state index in [0.29, 0.717) is 6.42 Å². The van der Waals surface area contributed by atoms with Gasteiger partial charge in [-0.05, 0) is 37.7 Å². The normalized spacial score (nSPS) is 40.5. The summed E-state index contributed by atoms with van der Waals surface area (Å²) in [6.45, 7) is 0. The van der Waals surface area contributed by atoms with Gasteiger partial charge in [0.2, 0.25) is 11.6 Å². The fourth-order valence-electron chi connectivity index (χ4n) is 5.37. The molecule has 1 N–H and O–H groups in total. The van der Waals surface area contributed by atoms with Crippen molar-refractivity contribution in [3.63, 3.8) is 0 Å². The largest absolute Gasteiger partial charge is 0.467 e. The zero-order valence-electron chi connectivity index (χ0n) is 14.1. The van der Waals surface area contributed by atoms with E-state index in [1.54, 1.807) is 11.9 Å². The average molecular weight is 328 g/mol. The standard InChI is InChI=1S/C19H24N2O3/c1-20-16(23)10-15(22)19(20)12-18-8-4-2-6-13(18)11-21-9-5-3-7-14(21)17(18)24-19/h5,9,11,15,22H,2-4,6-8,10,12H2,1H3. The SMILES string of the molecule is CN1C(=O)CC(O)C12CC13CCCCC1=CN1C=CCCC1=C3O2. The van der Waals surface area contributed by atoms with E-state index in [4.69, 9.17) is 4.74 Å². The van der Waals surface area contributed by atoms with E-state index >= 15 is 0 Å². The molecular weight excluding hydrogens is 304 g/mol. The molecule has 0 radical (unpaired) electrons. The molecule has 2 saturated heterocycles. The second kappa shape index (κ2) is 4.66. The molecule has 2 spiro atoms. The molecule has 3 unspecified atom stereocenters. The van der Waals surface area contributed by atoms with Crippen LogP contribution in [0, 0.1) is 5.41 Å². The molecule has 128 valence electrons. The van der Waals surface area contributed by atoms with Gasteiger partial charge in [0.05, 0.1) is 17.5 Å². The molecule has 0 bridgehead atoms. The summed E-state index contributed by atoms with van der Waals surface area (Å²) in [7, 11) is 1.78. The zero-order chi connectivity index (χ0) is 16.5. The number of hydrogen-bond donors (Lipinski definition) is 1. The lowest BCUT2D eigenvalue weighted by atomic mass is 9.65. The van der Waals surface area contributed by atoms with Crippen LogP contribution in [0.25, 0.3) is 0 Å². The van der Waals surface area contributed by atoms with Crippen LogP contribution < -0.4 is 0 Å². The Hall–Kier alpha value is -1.75. The lowest BCUT2D eigenvalue weighted by molar-refractivity contribution is -0.150. The van der Waals surface area contributed by atoms with Crippen molar-refractivity contribution < 1.29 is 14.6 Å². The number of aliphatic hydroxyl groups is 1. The molecule has 3 atom stereocenters. The van der Waals surface area contributed by atoms with Gasteiger partial charge in [-0.1, -0.05) is 12.5 Å². The Morgan fingerprint density at radius 3 is 3.00 bits per heavy atom. The molecule has 1 saturated carbocycles. The second-order valence-electron chi connectivity index (χ2n) is 7.85. The minimum atomic E-state index is -0.882. The van der Waals surface area contributed by atoms with Gasteiger partial charge < -0.3 is 19.6 Å². The molecule has 5 aliphatic rings. The van der Waals surface area contributed by atoms with E-state index in [1.807, 2.05) is 0 Å². The Kier molecular flexibility index (Phi) is 2.83. The van der Waals surface area contributed by atoms with Gasteiger partial charge in [0.15, 0.2) is 0 Å². The third-order valence-electron chi connectivity index (χ3n) is 6.70. The van der Waals surface area contributed by atoms with Crippen molar-refractivity contribution in [1.82, 2.24) is 9.80 Å². The number of nitrogens with zero attached hydrogens (tertiary/aromatic N) is 2. The van der Waals surface area contributed by atoms with E-state index in [-0.39, 0.29) is 17.7 Å². The quantitative estimate of drug-likeness (QED) is 0.743. The molecule has 4 heterocycles. The second-order valence-corrected chi connectivity index (χ2v) is 7.85. The highest BCUT2D eigenvalue weighted by Crippen LogP contribution is 2.63. The molecule has 24 heavy (non-hydrogen) atoms. The van der Waals surface area contributed by atoms with Gasteiger partial charge in [0, 0.05) is 25.9 Å². The third kappa shape index (κ3) is 1.61. The fourth-order valence-corrected chi connectivity index (χ4v) is 5.37. The highest BCUT2D eigenvalue weighted by Gasteiger charge is 2.66. The van der Waals surface area contributed by atoms with Crippen LogP contribution in [-0.2, 0) is 9.53 Å². The number of amides is 1. The highest BCUT2D eigenvalue weighted by atomic mass is 16.5. The van der Waals surface area contributed by atoms with Gasteiger partial charge in [-0.3, -0.25) is 4.79 Å². The molecule has 1 amide bonds. The number of rotatable bonds is 0. The molecule has 5 heteroatoms. The van der Waals surface area contributed by atoms with Crippen LogP contribution in [0.15, 0.2) is 35.5 Å². The van der Waals surface area contributed by atoms with Crippen molar-refractivity contribution in [2.24, 2.45) is 5.41 Å². The minimum Gasteiger partial charge on any atom is -0.467 e. The Labute approximate surface area is 142 Å². The van der Waals surface area contributed by atoms with Crippen LogP contribution in [-0.4, -0.2) is 39.7 Å². The molecule has 5 rings (SSSR count). The summed E-state index contributed by atoms with van der Waals surface area (Å²) in [6, 6.07) is 0. The monoisotopic (exact) mass is 328 g/mol. The van der Waals surface area contributed by atoms with Crippen LogP contribution in [0.1, 0.15) is 51.4 Å². The van der Waals surface area contributed by atoms with Gasteiger partial charge in [0.1, 0.15) is 11.9 Å². The molecule has 0 aromatic carbocycles. The molecule has 0 aromatic rings. The predicted molar refractivity (Wildman–Crippen MR) is 88.0 cm³/mol. The molecule has 4 aliphatic heterocycles. The predicted octanol–water partition coefficient (Wildman–Crippen LogP) is 2.61. The van der Waals surface area contributed by atoms with E-state index in [0.717, 1.165) is 31.4 Å². The lowest BCUT2D eigenvalue weighted by Gasteiger charge is -2.42. The number of likely N-dealkylation sites (tertiary alicyclic amines) is 1. The fraction of sp³-hybridized carbons (Fsp3) is 0.632. The topological polar surface area (TPSA) is 53.0 Å². The third-order valence-corrected chi connectivity index (χ3v) is 6.70. The van der Waals surface area contributed by atoms with Crippen molar-refractivity contribution >= 4 is 5.91 Å². The number of hydrogen-bond acceptors (Lipinski definition) is 4. The van der Waals surface area contributed by atoms with Crippen LogP contribution in [0.2, 0.25) is 0 Å². The van der Waals surface area contributed by atoms with Crippen molar-refractivity contribution in [2.75, 3.05) is 7.05 Å². The maximum atomic E-state index is 12.2. The van der Waals surface area contributed by atoms with E-state index < -0.39 is 11.8 Å². The Morgan fingerprint density at radius 2 is 2.21 bits per heavy atom. The van der Waals surface area contributed by atoms with Gasteiger partial charge in [-0.2, -0.15) is 0 Å². The summed E-state index contributed by atoms with van der Waals surface area (Å²) in [5.41, 5.74) is 1.64. The molecule has 1 aliphatic carbocycles. The summed E-state index contributed by atoms with van der Waals surface area (Å²) in [4.78, 5) is 16.1. The number of allylic oxidation sites excluding steroid dienone is 3. The number of likely N-dealkylation sites (N-methyl/N-ethyl adjacent to an activating group) is 1. The molecule has 3 fully saturated rings. The maximum Gasteiger partial charge on any atom is 0.228 e. The molecule has 0 aromatic heterocycles. The number of aliphatic hydroxyl groups excluding tert-OH is 1. The first-order valence-corrected chi connectivity index (χ1v) is 9.10. The van der Waals surface area contributed by atoms with Crippen molar-refractivity contribution in [3.8, 4) is 0 Å². The van der Waals surface area contributed by atoms with E-state index in [2.05, 4.69) is 23.4 Å². The first-order chi connectivity index (χ1) is 11.6. The molecule has 5 nitrogen and oxygen atoms in total.